The number of benzene rings is 1. The van der Waals surface area contributed by atoms with Crippen LogP contribution in [0.1, 0.15) is 10.4 Å². The molecule has 14 heavy (non-hydrogen) atoms. The average molecular weight is 204 g/mol. The van der Waals surface area contributed by atoms with Crippen LogP contribution in [-0.4, -0.2) is 4.98 Å². The number of aryl methyl sites for hydroxylation is 1. The molecule has 0 aliphatic rings. The number of thiazole rings is 1. The molecule has 0 spiro atoms. The normalized spacial score (nSPS) is 10.4. The highest BCUT2D eigenvalue weighted by Crippen LogP contribution is 2.24. The zero-order valence-electron chi connectivity index (χ0n) is 8.03. The molecule has 1 aromatic carbocycles. The Morgan fingerprint density at radius 3 is 2.50 bits per heavy atom. The highest BCUT2D eigenvalue weighted by atomic mass is 32.1. The van der Waals surface area contributed by atoms with Gasteiger partial charge in [0, 0.05) is 23.2 Å². The summed E-state index contributed by atoms with van der Waals surface area (Å²) in [6, 6.07) is 8.24. The number of hydrogen-bond acceptors (Lipinski definition) is 3. The number of aromatic nitrogens is 1. The minimum atomic E-state index is 0.594. The molecule has 1 aromatic heterocycles. The fourth-order valence-corrected chi connectivity index (χ4v) is 2.04. The van der Waals surface area contributed by atoms with Gasteiger partial charge in [-0.1, -0.05) is 24.3 Å². The van der Waals surface area contributed by atoms with Crippen LogP contribution in [0.15, 0.2) is 30.5 Å². The summed E-state index contributed by atoms with van der Waals surface area (Å²) in [6.45, 7) is 2.66. The smallest absolute Gasteiger partial charge is 0.123 e. The Balaban J connectivity index is 2.33. The summed E-state index contributed by atoms with van der Waals surface area (Å²) < 4.78 is 0. The van der Waals surface area contributed by atoms with Crippen LogP contribution in [0.2, 0.25) is 0 Å². The van der Waals surface area contributed by atoms with Crippen molar-refractivity contribution in [2.75, 3.05) is 0 Å². The van der Waals surface area contributed by atoms with E-state index in [-0.39, 0.29) is 0 Å². The molecule has 0 aliphatic heterocycles. The second kappa shape index (κ2) is 3.90. The Kier molecular flexibility index (Phi) is 2.61. The van der Waals surface area contributed by atoms with Gasteiger partial charge in [-0.05, 0) is 12.5 Å². The van der Waals surface area contributed by atoms with Gasteiger partial charge in [-0.25, -0.2) is 4.98 Å². The van der Waals surface area contributed by atoms with Crippen LogP contribution in [0.25, 0.3) is 10.6 Å². The summed E-state index contributed by atoms with van der Waals surface area (Å²) in [5, 5.41) is 1.08. The lowest BCUT2D eigenvalue weighted by atomic mass is 10.1. The van der Waals surface area contributed by atoms with Crippen molar-refractivity contribution in [3.8, 4) is 10.6 Å². The molecule has 2 rings (SSSR count). The van der Waals surface area contributed by atoms with Crippen molar-refractivity contribution in [2.45, 2.75) is 13.5 Å². The van der Waals surface area contributed by atoms with Gasteiger partial charge in [-0.15, -0.1) is 11.3 Å². The summed E-state index contributed by atoms with van der Waals surface area (Å²) in [6.07, 6.45) is 1.90. The fourth-order valence-electron chi connectivity index (χ4n) is 1.27. The lowest BCUT2D eigenvalue weighted by Crippen LogP contribution is -1.94. The number of nitrogens with zero attached hydrogens (tertiary/aromatic N) is 1. The molecular formula is C11H12N2S. The Bertz CT molecular complexity index is 417. The molecule has 0 radical (unpaired) electrons. The van der Waals surface area contributed by atoms with Gasteiger partial charge in [0.15, 0.2) is 0 Å². The monoisotopic (exact) mass is 204 g/mol. The number of nitrogens with two attached hydrogens (primary N) is 1. The molecule has 0 fully saturated rings. The van der Waals surface area contributed by atoms with Crippen molar-refractivity contribution in [1.82, 2.24) is 4.98 Å². The molecular weight excluding hydrogens is 192 g/mol. The Morgan fingerprint density at radius 1 is 1.29 bits per heavy atom. The van der Waals surface area contributed by atoms with Crippen LogP contribution in [0.5, 0.6) is 0 Å². The summed E-state index contributed by atoms with van der Waals surface area (Å²) in [4.78, 5) is 5.57. The summed E-state index contributed by atoms with van der Waals surface area (Å²) in [5.74, 6) is 0. The maximum atomic E-state index is 5.53. The van der Waals surface area contributed by atoms with E-state index in [9.17, 15) is 0 Å². The third kappa shape index (κ3) is 1.84. The van der Waals surface area contributed by atoms with Crippen molar-refractivity contribution < 1.29 is 0 Å². The largest absolute Gasteiger partial charge is 0.326 e. The molecule has 0 amide bonds. The highest BCUT2D eigenvalue weighted by molar-refractivity contribution is 7.14. The molecule has 1 heterocycles. The second-order valence-electron chi connectivity index (χ2n) is 3.18. The molecule has 2 nitrogen and oxygen atoms in total. The molecule has 0 saturated heterocycles. The zero-order chi connectivity index (χ0) is 9.97. The molecule has 0 saturated carbocycles. The summed E-state index contributed by atoms with van der Waals surface area (Å²) in [7, 11) is 0. The van der Waals surface area contributed by atoms with Gasteiger partial charge in [0.2, 0.25) is 0 Å². The molecule has 0 atom stereocenters. The molecule has 2 aromatic rings. The topological polar surface area (TPSA) is 38.9 Å². The standard InChI is InChI=1S/C11H12N2S/c1-8-7-13-11(14-8)10-4-2-9(6-12)3-5-10/h2-5,7H,6,12H2,1H3. The number of hydrogen-bond donors (Lipinski definition) is 1. The Hall–Kier alpha value is -1.19. The third-order valence-electron chi connectivity index (χ3n) is 2.06. The van der Waals surface area contributed by atoms with Gasteiger partial charge in [0.25, 0.3) is 0 Å². The fraction of sp³-hybridized carbons (Fsp3) is 0.182. The van der Waals surface area contributed by atoms with Crippen LogP contribution in [0.4, 0.5) is 0 Å². The van der Waals surface area contributed by atoms with Crippen molar-refractivity contribution in [3.63, 3.8) is 0 Å². The van der Waals surface area contributed by atoms with Crippen LogP contribution < -0.4 is 5.73 Å². The zero-order valence-corrected chi connectivity index (χ0v) is 8.84. The minimum Gasteiger partial charge on any atom is -0.326 e. The predicted octanol–water partition coefficient (Wildman–Crippen LogP) is 2.58. The molecule has 0 unspecified atom stereocenters. The lowest BCUT2D eigenvalue weighted by molar-refractivity contribution is 1.07. The van der Waals surface area contributed by atoms with Crippen LogP contribution >= 0.6 is 11.3 Å². The number of rotatable bonds is 2. The third-order valence-corrected chi connectivity index (χ3v) is 3.02. The Labute approximate surface area is 87.4 Å². The van der Waals surface area contributed by atoms with E-state index in [0.29, 0.717) is 6.54 Å². The maximum absolute atomic E-state index is 5.53. The molecule has 2 N–H and O–H groups in total. The first-order chi connectivity index (χ1) is 6.79. The molecule has 0 aliphatic carbocycles. The van der Waals surface area contributed by atoms with E-state index >= 15 is 0 Å². The maximum Gasteiger partial charge on any atom is 0.123 e. The first-order valence-electron chi connectivity index (χ1n) is 4.51. The van der Waals surface area contributed by atoms with Gasteiger partial charge in [0.05, 0.1) is 0 Å². The van der Waals surface area contributed by atoms with Crippen molar-refractivity contribution in [3.05, 3.63) is 40.9 Å². The van der Waals surface area contributed by atoms with Gasteiger partial charge >= 0.3 is 0 Å². The SMILES string of the molecule is Cc1cnc(-c2ccc(CN)cc2)s1. The van der Waals surface area contributed by atoms with E-state index < -0.39 is 0 Å². The predicted molar refractivity (Wildman–Crippen MR) is 60.2 cm³/mol. The molecule has 3 heteroatoms. The summed E-state index contributed by atoms with van der Waals surface area (Å²) in [5.41, 5.74) is 7.85. The molecule has 0 bridgehead atoms. The lowest BCUT2D eigenvalue weighted by Gasteiger charge is -1.98. The van der Waals surface area contributed by atoms with Gasteiger partial charge < -0.3 is 5.73 Å². The van der Waals surface area contributed by atoms with Crippen LogP contribution in [-0.2, 0) is 6.54 Å². The second-order valence-corrected chi connectivity index (χ2v) is 4.41. The van der Waals surface area contributed by atoms with E-state index in [2.05, 4.69) is 24.0 Å². The van der Waals surface area contributed by atoms with Crippen molar-refractivity contribution in [2.24, 2.45) is 5.73 Å². The van der Waals surface area contributed by atoms with Gasteiger partial charge in [0.1, 0.15) is 5.01 Å². The van der Waals surface area contributed by atoms with Gasteiger partial charge in [-0.3, -0.25) is 0 Å². The highest BCUT2D eigenvalue weighted by Gasteiger charge is 2.01. The summed E-state index contributed by atoms with van der Waals surface area (Å²) >= 11 is 1.71. The van der Waals surface area contributed by atoms with Crippen molar-refractivity contribution in [1.29, 1.82) is 0 Å². The first kappa shape index (κ1) is 9.37. The quantitative estimate of drug-likeness (QED) is 0.816. The van der Waals surface area contributed by atoms with E-state index in [1.54, 1.807) is 11.3 Å². The first-order valence-corrected chi connectivity index (χ1v) is 5.33. The van der Waals surface area contributed by atoms with E-state index in [1.807, 2.05) is 18.3 Å². The minimum absolute atomic E-state index is 0.594. The van der Waals surface area contributed by atoms with E-state index in [1.165, 1.54) is 10.4 Å². The molecule has 72 valence electrons. The van der Waals surface area contributed by atoms with Gasteiger partial charge in [-0.2, -0.15) is 0 Å². The Morgan fingerprint density at radius 2 is 2.00 bits per heavy atom. The van der Waals surface area contributed by atoms with E-state index in [4.69, 9.17) is 5.73 Å². The average Bonchev–Trinajstić information content (AvgIpc) is 2.65. The van der Waals surface area contributed by atoms with Crippen LogP contribution in [0.3, 0.4) is 0 Å². The van der Waals surface area contributed by atoms with Crippen LogP contribution in [0, 0.1) is 6.92 Å². The van der Waals surface area contributed by atoms with E-state index in [0.717, 1.165) is 10.6 Å². The van der Waals surface area contributed by atoms with Crippen molar-refractivity contribution >= 4 is 11.3 Å².